The first-order chi connectivity index (χ1) is 7.74. The SMILES string of the molecule is CSc1c(F)ccc(-c2ccccc2)c1Cl. The zero-order chi connectivity index (χ0) is 11.5. The highest BCUT2D eigenvalue weighted by Gasteiger charge is 2.11. The molecule has 0 unspecified atom stereocenters. The van der Waals surface area contributed by atoms with Crippen molar-refractivity contribution in [2.75, 3.05) is 6.26 Å². The molecule has 0 amide bonds. The summed E-state index contributed by atoms with van der Waals surface area (Å²) in [5.41, 5.74) is 1.87. The minimum absolute atomic E-state index is 0.266. The zero-order valence-corrected chi connectivity index (χ0v) is 10.3. The highest BCUT2D eigenvalue weighted by Crippen LogP contribution is 2.36. The van der Waals surface area contributed by atoms with Gasteiger partial charge in [-0.15, -0.1) is 11.8 Å². The molecular weight excluding hydrogens is 243 g/mol. The van der Waals surface area contributed by atoms with Crippen LogP contribution in [0.3, 0.4) is 0 Å². The van der Waals surface area contributed by atoms with Crippen LogP contribution < -0.4 is 0 Å². The number of benzene rings is 2. The van der Waals surface area contributed by atoms with E-state index in [1.807, 2.05) is 36.6 Å². The summed E-state index contributed by atoms with van der Waals surface area (Å²) in [4.78, 5) is 0.503. The second-order valence-electron chi connectivity index (χ2n) is 3.31. The van der Waals surface area contributed by atoms with Crippen molar-refractivity contribution in [2.24, 2.45) is 0 Å². The molecule has 0 nitrogen and oxygen atoms in total. The van der Waals surface area contributed by atoms with Gasteiger partial charge in [0.15, 0.2) is 0 Å². The fraction of sp³-hybridized carbons (Fsp3) is 0.0769. The van der Waals surface area contributed by atoms with Crippen molar-refractivity contribution in [1.82, 2.24) is 0 Å². The predicted molar refractivity (Wildman–Crippen MR) is 68.6 cm³/mol. The molecule has 0 saturated heterocycles. The summed E-state index contributed by atoms with van der Waals surface area (Å²) >= 11 is 7.51. The van der Waals surface area contributed by atoms with Gasteiger partial charge >= 0.3 is 0 Å². The third-order valence-electron chi connectivity index (χ3n) is 2.34. The molecule has 0 N–H and O–H groups in total. The van der Waals surface area contributed by atoms with E-state index < -0.39 is 0 Å². The molecular formula is C13H10ClFS. The van der Waals surface area contributed by atoms with Crippen LogP contribution in [0.5, 0.6) is 0 Å². The molecule has 0 spiro atoms. The highest BCUT2D eigenvalue weighted by molar-refractivity contribution is 7.98. The molecule has 0 bridgehead atoms. The largest absolute Gasteiger partial charge is 0.206 e. The fourth-order valence-corrected chi connectivity index (χ4v) is 2.61. The van der Waals surface area contributed by atoms with Gasteiger partial charge in [-0.05, 0) is 24.0 Å². The average molecular weight is 253 g/mol. The van der Waals surface area contributed by atoms with E-state index in [1.54, 1.807) is 6.07 Å². The van der Waals surface area contributed by atoms with E-state index in [4.69, 9.17) is 11.6 Å². The van der Waals surface area contributed by atoms with Crippen LogP contribution in [0.25, 0.3) is 11.1 Å². The Morgan fingerprint density at radius 3 is 2.38 bits per heavy atom. The third-order valence-corrected chi connectivity index (χ3v) is 3.65. The lowest BCUT2D eigenvalue weighted by Crippen LogP contribution is -1.86. The van der Waals surface area contributed by atoms with Gasteiger partial charge in [-0.1, -0.05) is 41.9 Å². The molecule has 2 aromatic carbocycles. The standard InChI is InChI=1S/C13H10ClFS/c1-16-13-11(15)8-7-10(12(13)14)9-5-3-2-4-6-9/h2-8H,1H3. The quantitative estimate of drug-likeness (QED) is 0.688. The smallest absolute Gasteiger partial charge is 0.138 e. The van der Waals surface area contributed by atoms with Crippen LogP contribution in [0.2, 0.25) is 5.02 Å². The van der Waals surface area contributed by atoms with Crippen LogP contribution in [0.4, 0.5) is 4.39 Å². The van der Waals surface area contributed by atoms with Gasteiger partial charge in [-0.25, -0.2) is 4.39 Å². The average Bonchev–Trinajstić information content (AvgIpc) is 2.31. The van der Waals surface area contributed by atoms with Crippen molar-refractivity contribution < 1.29 is 4.39 Å². The van der Waals surface area contributed by atoms with Gasteiger partial charge in [0.2, 0.25) is 0 Å². The Labute approximate surface area is 103 Å². The minimum Gasteiger partial charge on any atom is -0.206 e. The summed E-state index contributed by atoms with van der Waals surface area (Å²) in [6, 6.07) is 12.9. The number of halogens is 2. The van der Waals surface area contributed by atoms with Gasteiger partial charge in [-0.2, -0.15) is 0 Å². The van der Waals surface area contributed by atoms with E-state index in [0.29, 0.717) is 9.92 Å². The van der Waals surface area contributed by atoms with Gasteiger partial charge in [0.25, 0.3) is 0 Å². The molecule has 0 aliphatic heterocycles. The Morgan fingerprint density at radius 2 is 1.75 bits per heavy atom. The second kappa shape index (κ2) is 4.89. The molecule has 0 aromatic heterocycles. The Morgan fingerprint density at radius 1 is 1.06 bits per heavy atom. The molecule has 0 aliphatic rings. The first kappa shape index (κ1) is 11.5. The van der Waals surface area contributed by atoms with Crippen LogP contribution in [0.15, 0.2) is 47.4 Å². The van der Waals surface area contributed by atoms with Crippen LogP contribution in [0, 0.1) is 5.82 Å². The Balaban J connectivity index is 2.59. The molecule has 2 aromatic rings. The minimum atomic E-state index is -0.266. The third kappa shape index (κ3) is 2.08. The van der Waals surface area contributed by atoms with E-state index in [2.05, 4.69) is 0 Å². The number of hydrogen-bond acceptors (Lipinski definition) is 1. The molecule has 16 heavy (non-hydrogen) atoms. The maximum absolute atomic E-state index is 13.4. The monoisotopic (exact) mass is 252 g/mol. The fourth-order valence-electron chi connectivity index (χ4n) is 1.56. The normalized spacial score (nSPS) is 10.4. The van der Waals surface area contributed by atoms with E-state index in [-0.39, 0.29) is 5.82 Å². The van der Waals surface area contributed by atoms with Gasteiger partial charge in [0, 0.05) is 5.56 Å². The number of rotatable bonds is 2. The van der Waals surface area contributed by atoms with Gasteiger partial charge in [0.05, 0.1) is 9.92 Å². The van der Waals surface area contributed by atoms with Crippen LogP contribution in [-0.2, 0) is 0 Å². The van der Waals surface area contributed by atoms with E-state index in [9.17, 15) is 4.39 Å². The van der Waals surface area contributed by atoms with Crippen molar-refractivity contribution in [3.63, 3.8) is 0 Å². The van der Waals surface area contributed by atoms with Crippen molar-refractivity contribution in [3.05, 3.63) is 53.3 Å². The topological polar surface area (TPSA) is 0 Å². The summed E-state index contributed by atoms with van der Waals surface area (Å²) in [6.45, 7) is 0. The summed E-state index contributed by atoms with van der Waals surface area (Å²) < 4.78 is 13.4. The lowest BCUT2D eigenvalue weighted by Gasteiger charge is -2.08. The number of thioether (sulfide) groups is 1. The van der Waals surface area contributed by atoms with E-state index in [1.165, 1.54) is 17.8 Å². The Bertz CT molecular complexity index is 497. The van der Waals surface area contributed by atoms with Crippen LogP contribution >= 0.6 is 23.4 Å². The summed E-state index contributed by atoms with van der Waals surface area (Å²) in [5, 5.41) is 0.485. The first-order valence-electron chi connectivity index (χ1n) is 4.81. The lowest BCUT2D eigenvalue weighted by atomic mass is 10.1. The Hall–Kier alpha value is -0.990. The van der Waals surface area contributed by atoms with Crippen molar-refractivity contribution in [1.29, 1.82) is 0 Å². The van der Waals surface area contributed by atoms with E-state index >= 15 is 0 Å². The van der Waals surface area contributed by atoms with Crippen LogP contribution in [0.1, 0.15) is 0 Å². The molecule has 82 valence electrons. The van der Waals surface area contributed by atoms with Gasteiger partial charge in [-0.3, -0.25) is 0 Å². The van der Waals surface area contributed by atoms with Gasteiger partial charge in [0.1, 0.15) is 5.82 Å². The molecule has 0 fully saturated rings. The Kier molecular flexibility index (Phi) is 3.52. The molecule has 0 aliphatic carbocycles. The first-order valence-corrected chi connectivity index (χ1v) is 6.41. The molecule has 0 radical (unpaired) electrons. The van der Waals surface area contributed by atoms with E-state index in [0.717, 1.165) is 11.1 Å². The van der Waals surface area contributed by atoms with Crippen molar-refractivity contribution in [2.45, 2.75) is 4.90 Å². The number of hydrogen-bond donors (Lipinski definition) is 0. The lowest BCUT2D eigenvalue weighted by molar-refractivity contribution is 0.602. The second-order valence-corrected chi connectivity index (χ2v) is 4.50. The summed E-state index contributed by atoms with van der Waals surface area (Å²) in [5.74, 6) is -0.266. The predicted octanol–water partition coefficient (Wildman–Crippen LogP) is 4.87. The van der Waals surface area contributed by atoms with Crippen molar-refractivity contribution in [3.8, 4) is 11.1 Å². The summed E-state index contributed by atoms with van der Waals surface area (Å²) in [7, 11) is 0. The molecule has 0 heterocycles. The van der Waals surface area contributed by atoms with Crippen LogP contribution in [-0.4, -0.2) is 6.26 Å². The molecule has 0 atom stereocenters. The molecule has 0 saturated carbocycles. The maximum Gasteiger partial charge on any atom is 0.138 e. The maximum atomic E-state index is 13.4. The van der Waals surface area contributed by atoms with Gasteiger partial charge < -0.3 is 0 Å². The highest BCUT2D eigenvalue weighted by atomic mass is 35.5. The molecule has 3 heteroatoms. The molecule has 2 rings (SSSR count). The summed E-state index contributed by atoms with van der Waals surface area (Å²) in [6.07, 6.45) is 1.82. The zero-order valence-electron chi connectivity index (χ0n) is 8.71. The van der Waals surface area contributed by atoms with Crippen molar-refractivity contribution >= 4 is 23.4 Å².